The molecule has 2 aliphatic heterocycles. The molecular weight excluding hydrogens is 256 g/mol. The number of carbonyl (C=O) groups excluding carboxylic acids is 2. The topological polar surface area (TPSA) is 76.9 Å². The highest BCUT2D eigenvalue weighted by Crippen LogP contribution is 2.47. The van der Waals surface area contributed by atoms with Crippen LogP contribution in [0.25, 0.3) is 11.3 Å². The quantitative estimate of drug-likeness (QED) is 0.814. The Labute approximate surface area is 114 Å². The third-order valence-electron chi connectivity index (χ3n) is 4.20. The third-order valence-corrected chi connectivity index (χ3v) is 4.20. The lowest BCUT2D eigenvalue weighted by Gasteiger charge is -2.48. The van der Waals surface area contributed by atoms with E-state index in [9.17, 15) is 9.59 Å². The molecule has 6 nitrogen and oxygen atoms in total. The van der Waals surface area contributed by atoms with E-state index in [1.807, 2.05) is 30.3 Å². The van der Waals surface area contributed by atoms with E-state index >= 15 is 0 Å². The molecule has 20 heavy (non-hydrogen) atoms. The number of hydrogen-bond donors (Lipinski definition) is 1. The summed E-state index contributed by atoms with van der Waals surface area (Å²) in [6.45, 7) is 0. The molecule has 0 atom stereocenters. The van der Waals surface area contributed by atoms with Crippen molar-refractivity contribution < 1.29 is 9.59 Å². The molecule has 6 heteroatoms. The van der Waals surface area contributed by atoms with E-state index in [1.54, 1.807) is 10.9 Å². The molecule has 2 aromatic rings. The number of carbonyl (C=O) groups is 2. The summed E-state index contributed by atoms with van der Waals surface area (Å²) in [4.78, 5) is 23.6. The summed E-state index contributed by atoms with van der Waals surface area (Å²) in [5.41, 5.74) is 0.963. The summed E-state index contributed by atoms with van der Waals surface area (Å²) in [5.74, 6) is -0.508. The van der Waals surface area contributed by atoms with Gasteiger partial charge in [-0.05, 0) is 12.8 Å². The van der Waals surface area contributed by atoms with Crippen LogP contribution in [0.5, 0.6) is 0 Å². The van der Waals surface area contributed by atoms with Gasteiger partial charge in [0.2, 0.25) is 5.91 Å². The highest BCUT2D eigenvalue weighted by atomic mass is 16.2. The standard InChI is InChI=1S/C14H12N4O2/c19-12-10-6-14(7-10,13(20)15-12)18-8-11(16-17-18)9-4-2-1-3-5-9/h1-5,8,10H,6-7H2,(H,15,19,20). The van der Waals surface area contributed by atoms with Gasteiger partial charge in [0.1, 0.15) is 11.2 Å². The van der Waals surface area contributed by atoms with Gasteiger partial charge in [-0.1, -0.05) is 35.5 Å². The van der Waals surface area contributed by atoms with Crippen molar-refractivity contribution in [3.05, 3.63) is 36.5 Å². The first kappa shape index (κ1) is 11.3. The molecule has 2 bridgehead atoms. The summed E-state index contributed by atoms with van der Waals surface area (Å²) in [6.07, 6.45) is 2.82. The van der Waals surface area contributed by atoms with Crippen molar-refractivity contribution in [2.45, 2.75) is 18.4 Å². The minimum atomic E-state index is -0.724. The number of amides is 2. The number of rotatable bonds is 2. The van der Waals surface area contributed by atoms with Crippen LogP contribution in [0.3, 0.4) is 0 Å². The molecule has 1 N–H and O–H groups in total. The molecule has 0 radical (unpaired) electrons. The molecule has 3 heterocycles. The van der Waals surface area contributed by atoms with Crippen LogP contribution in [-0.4, -0.2) is 26.8 Å². The van der Waals surface area contributed by atoms with E-state index in [2.05, 4.69) is 15.6 Å². The van der Waals surface area contributed by atoms with Gasteiger partial charge in [-0.25, -0.2) is 4.68 Å². The monoisotopic (exact) mass is 268 g/mol. The van der Waals surface area contributed by atoms with Crippen LogP contribution in [0, 0.1) is 5.92 Å². The molecule has 2 amide bonds. The normalized spacial score (nSPS) is 27.9. The fourth-order valence-corrected chi connectivity index (χ4v) is 2.96. The van der Waals surface area contributed by atoms with Crippen molar-refractivity contribution in [1.82, 2.24) is 20.3 Å². The molecule has 100 valence electrons. The number of aromatic nitrogens is 3. The van der Waals surface area contributed by atoms with Gasteiger partial charge in [0.15, 0.2) is 0 Å². The lowest BCUT2D eigenvalue weighted by Crippen LogP contribution is -2.67. The van der Waals surface area contributed by atoms with Crippen molar-refractivity contribution in [2.75, 3.05) is 0 Å². The molecule has 0 spiro atoms. The largest absolute Gasteiger partial charge is 0.294 e. The Kier molecular flexibility index (Phi) is 2.13. The van der Waals surface area contributed by atoms with Gasteiger partial charge in [0.25, 0.3) is 5.91 Å². The average molecular weight is 268 g/mol. The molecule has 2 saturated heterocycles. The first-order valence-corrected chi connectivity index (χ1v) is 6.53. The smallest absolute Gasteiger partial charge is 0.254 e. The van der Waals surface area contributed by atoms with Crippen LogP contribution >= 0.6 is 0 Å². The highest BCUT2D eigenvalue weighted by Gasteiger charge is 2.59. The Morgan fingerprint density at radius 1 is 1.20 bits per heavy atom. The predicted octanol–water partition coefficient (Wildman–Crippen LogP) is 0.707. The van der Waals surface area contributed by atoms with E-state index < -0.39 is 5.54 Å². The van der Waals surface area contributed by atoms with Crippen molar-refractivity contribution in [3.63, 3.8) is 0 Å². The van der Waals surface area contributed by atoms with Gasteiger partial charge in [-0.15, -0.1) is 5.10 Å². The number of imide groups is 1. The van der Waals surface area contributed by atoms with Crippen LogP contribution in [0.2, 0.25) is 0 Å². The zero-order valence-corrected chi connectivity index (χ0v) is 10.6. The van der Waals surface area contributed by atoms with Gasteiger partial charge in [0, 0.05) is 11.5 Å². The van der Waals surface area contributed by atoms with Gasteiger partial charge in [0.05, 0.1) is 6.20 Å². The molecule has 5 rings (SSSR count). The fourth-order valence-electron chi connectivity index (χ4n) is 2.96. The molecule has 0 unspecified atom stereocenters. The summed E-state index contributed by atoms with van der Waals surface area (Å²) in [5, 5.41) is 10.6. The average Bonchev–Trinajstić information content (AvgIpc) is 2.88. The van der Waals surface area contributed by atoms with Gasteiger partial charge in [-0.3, -0.25) is 14.9 Å². The first-order chi connectivity index (χ1) is 9.69. The Hall–Kier alpha value is -2.50. The molecule has 3 aliphatic rings. The Balaban J connectivity index is 1.70. The number of fused-ring (bicyclic) bond motifs is 2. The highest BCUT2D eigenvalue weighted by molar-refractivity contribution is 6.05. The van der Waals surface area contributed by atoms with Crippen molar-refractivity contribution in [1.29, 1.82) is 0 Å². The van der Waals surface area contributed by atoms with Crippen LogP contribution in [0.1, 0.15) is 12.8 Å². The Morgan fingerprint density at radius 3 is 2.65 bits per heavy atom. The maximum atomic E-state index is 12.1. The zero-order valence-electron chi connectivity index (χ0n) is 10.6. The Morgan fingerprint density at radius 2 is 1.95 bits per heavy atom. The molecule has 1 aliphatic carbocycles. The lowest BCUT2D eigenvalue weighted by atomic mass is 9.64. The van der Waals surface area contributed by atoms with Crippen LogP contribution in [-0.2, 0) is 15.1 Å². The van der Waals surface area contributed by atoms with E-state index in [0.29, 0.717) is 12.8 Å². The van der Waals surface area contributed by atoms with E-state index in [0.717, 1.165) is 11.3 Å². The van der Waals surface area contributed by atoms with Gasteiger partial charge < -0.3 is 0 Å². The molecule has 1 saturated carbocycles. The van der Waals surface area contributed by atoms with Gasteiger partial charge >= 0.3 is 0 Å². The van der Waals surface area contributed by atoms with E-state index in [1.165, 1.54) is 0 Å². The summed E-state index contributed by atoms with van der Waals surface area (Å²) < 4.78 is 1.60. The van der Waals surface area contributed by atoms with Crippen LogP contribution in [0.15, 0.2) is 36.5 Å². The third kappa shape index (κ3) is 1.39. The summed E-state index contributed by atoms with van der Waals surface area (Å²) in [7, 11) is 0. The lowest BCUT2D eigenvalue weighted by molar-refractivity contribution is -0.157. The van der Waals surface area contributed by atoms with Crippen molar-refractivity contribution >= 4 is 11.8 Å². The second kappa shape index (κ2) is 3.75. The predicted molar refractivity (Wildman–Crippen MR) is 69.3 cm³/mol. The number of benzene rings is 1. The fraction of sp³-hybridized carbons (Fsp3) is 0.286. The SMILES string of the molecule is O=C1NC(=O)C2(n3cc(-c4ccccc4)nn3)CC1C2. The minimum Gasteiger partial charge on any atom is -0.294 e. The maximum Gasteiger partial charge on any atom is 0.254 e. The first-order valence-electron chi connectivity index (χ1n) is 6.53. The summed E-state index contributed by atoms with van der Waals surface area (Å²) in [6, 6.07) is 9.68. The molecule has 3 fully saturated rings. The second-order valence-corrected chi connectivity index (χ2v) is 5.37. The second-order valence-electron chi connectivity index (χ2n) is 5.37. The van der Waals surface area contributed by atoms with E-state index in [-0.39, 0.29) is 17.7 Å². The molecule has 1 aromatic heterocycles. The molecule has 1 aromatic carbocycles. The van der Waals surface area contributed by atoms with Crippen molar-refractivity contribution in [3.8, 4) is 11.3 Å². The van der Waals surface area contributed by atoms with Crippen LogP contribution < -0.4 is 5.32 Å². The number of hydrogen-bond acceptors (Lipinski definition) is 4. The molecular formula is C14H12N4O2. The number of piperidine rings is 2. The van der Waals surface area contributed by atoms with Crippen LogP contribution in [0.4, 0.5) is 0 Å². The zero-order chi connectivity index (χ0) is 13.7. The maximum absolute atomic E-state index is 12.1. The van der Waals surface area contributed by atoms with Crippen molar-refractivity contribution in [2.24, 2.45) is 5.92 Å². The minimum absolute atomic E-state index is 0.0722. The number of nitrogens with zero attached hydrogens (tertiary/aromatic N) is 3. The Bertz CT molecular complexity index is 701. The van der Waals surface area contributed by atoms with Gasteiger partial charge in [-0.2, -0.15) is 0 Å². The summed E-state index contributed by atoms with van der Waals surface area (Å²) >= 11 is 0. The number of nitrogens with one attached hydrogen (secondary N) is 1. The van der Waals surface area contributed by atoms with E-state index in [4.69, 9.17) is 0 Å².